The average Bonchev–Trinajstić information content (AvgIpc) is 3.54. The SMILES string of the molecule is N#CC1(CC(=O)[C@@H]2C[C@@H](F)CC[C@H]2c2nc(C3CC(F)C3)sc2-c2ccc(N3CCS(=O)(=O)CC3)cc2)CC1. The largest absolute Gasteiger partial charge is 0.369 e. The number of carbonyl (C=O) groups excluding carboxylic acids is 1. The first-order valence-electron chi connectivity index (χ1n) is 13.9. The minimum atomic E-state index is -2.97. The number of sulfone groups is 1. The fraction of sp³-hybridized carbons (Fsp3) is 0.621. The molecular weight excluding hydrogens is 540 g/mol. The van der Waals surface area contributed by atoms with E-state index in [1.807, 2.05) is 24.3 Å². The molecule has 1 aliphatic heterocycles. The smallest absolute Gasteiger partial charge is 0.153 e. The Bertz CT molecular complexity index is 1380. The van der Waals surface area contributed by atoms with Gasteiger partial charge in [-0.1, -0.05) is 12.1 Å². The van der Waals surface area contributed by atoms with E-state index in [9.17, 15) is 27.3 Å². The molecule has 6 rings (SSSR count). The third-order valence-corrected chi connectivity index (χ3v) is 12.0. The zero-order chi connectivity index (χ0) is 27.4. The van der Waals surface area contributed by atoms with Gasteiger partial charge in [0.15, 0.2) is 9.84 Å². The van der Waals surface area contributed by atoms with Crippen LogP contribution < -0.4 is 4.90 Å². The molecule has 3 atom stereocenters. The van der Waals surface area contributed by atoms with E-state index in [-0.39, 0.29) is 42.0 Å². The maximum Gasteiger partial charge on any atom is 0.153 e. The highest BCUT2D eigenvalue weighted by Crippen LogP contribution is 2.52. The molecule has 3 aliphatic carbocycles. The molecule has 6 nitrogen and oxygen atoms in total. The monoisotopic (exact) mass is 573 g/mol. The van der Waals surface area contributed by atoms with Crippen molar-refractivity contribution in [2.45, 2.75) is 75.5 Å². The van der Waals surface area contributed by atoms with Crippen LogP contribution in [-0.2, 0) is 14.6 Å². The van der Waals surface area contributed by atoms with E-state index < -0.39 is 33.5 Å². The zero-order valence-electron chi connectivity index (χ0n) is 21.8. The third-order valence-electron chi connectivity index (χ3n) is 9.09. The number of benzene rings is 1. The van der Waals surface area contributed by atoms with Crippen LogP contribution in [0.1, 0.15) is 73.9 Å². The predicted molar refractivity (Wildman–Crippen MR) is 147 cm³/mol. The first-order chi connectivity index (χ1) is 18.7. The second-order valence-electron chi connectivity index (χ2n) is 11.9. The van der Waals surface area contributed by atoms with E-state index >= 15 is 0 Å². The van der Waals surface area contributed by atoms with Gasteiger partial charge in [-0.15, -0.1) is 11.3 Å². The predicted octanol–water partition coefficient (Wildman–Crippen LogP) is 5.75. The number of ketones is 1. The minimum Gasteiger partial charge on any atom is -0.369 e. The van der Waals surface area contributed by atoms with Crippen molar-refractivity contribution < 1.29 is 22.0 Å². The average molecular weight is 574 g/mol. The first-order valence-corrected chi connectivity index (χ1v) is 16.6. The molecule has 0 bridgehead atoms. The van der Waals surface area contributed by atoms with Crippen LogP contribution in [0.5, 0.6) is 0 Å². The number of anilines is 1. The van der Waals surface area contributed by atoms with Crippen molar-refractivity contribution in [2.75, 3.05) is 29.5 Å². The summed E-state index contributed by atoms with van der Waals surface area (Å²) in [6.45, 7) is 0.925. The Hall–Kier alpha value is -2.38. The number of hydrogen-bond acceptors (Lipinski definition) is 7. The van der Waals surface area contributed by atoms with E-state index in [0.29, 0.717) is 38.8 Å². The molecule has 4 fully saturated rings. The normalized spacial score (nSPS) is 31.2. The lowest BCUT2D eigenvalue weighted by molar-refractivity contribution is -0.126. The molecule has 1 saturated heterocycles. The molecule has 10 heteroatoms. The lowest BCUT2D eigenvalue weighted by Gasteiger charge is -2.33. The lowest BCUT2D eigenvalue weighted by Crippen LogP contribution is -2.40. The maximum absolute atomic E-state index is 14.6. The summed E-state index contributed by atoms with van der Waals surface area (Å²) in [6.07, 6.45) is 1.72. The van der Waals surface area contributed by atoms with E-state index in [0.717, 1.165) is 39.7 Å². The van der Waals surface area contributed by atoms with Gasteiger partial charge < -0.3 is 4.90 Å². The number of hydrogen-bond donors (Lipinski definition) is 0. The van der Waals surface area contributed by atoms with Crippen LogP contribution in [0.2, 0.25) is 0 Å². The van der Waals surface area contributed by atoms with Gasteiger partial charge in [-0.2, -0.15) is 5.26 Å². The summed E-state index contributed by atoms with van der Waals surface area (Å²) in [5.41, 5.74) is 2.13. The number of rotatable bonds is 7. The number of nitriles is 1. The van der Waals surface area contributed by atoms with Crippen LogP contribution in [0, 0.1) is 22.7 Å². The maximum atomic E-state index is 14.6. The number of nitrogens with zero attached hydrogens (tertiary/aromatic N) is 3. The van der Waals surface area contributed by atoms with Gasteiger partial charge in [0.2, 0.25) is 0 Å². The minimum absolute atomic E-state index is 0.0373. The van der Waals surface area contributed by atoms with Crippen molar-refractivity contribution in [3.05, 3.63) is 35.0 Å². The third kappa shape index (κ3) is 5.49. The molecule has 208 valence electrons. The Kier molecular flexibility index (Phi) is 7.03. The number of Topliss-reactive ketones (excluding diaryl/α,β-unsaturated/α-hetero) is 1. The van der Waals surface area contributed by atoms with Crippen LogP contribution in [0.25, 0.3) is 10.4 Å². The number of alkyl halides is 2. The van der Waals surface area contributed by atoms with Crippen LogP contribution in [0.15, 0.2) is 24.3 Å². The number of carbonyl (C=O) groups is 1. The van der Waals surface area contributed by atoms with Gasteiger partial charge in [-0.05, 0) is 62.6 Å². The Labute approximate surface area is 232 Å². The molecule has 2 heterocycles. The zero-order valence-corrected chi connectivity index (χ0v) is 23.5. The molecule has 1 aromatic heterocycles. The summed E-state index contributed by atoms with van der Waals surface area (Å²) in [7, 11) is -2.97. The highest BCUT2D eigenvalue weighted by atomic mass is 32.2. The molecule has 4 aliphatic rings. The van der Waals surface area contributed by atoms with Crippen molar-refractivity contribution in [1.82, 2.24) is 4.98 Å². The summed E-state index contributed by atoms with van der Waals surface area (Å²) >= 11 is 1.55. The van der Waals surface area contributed by atoms with Crippen molar-refractivity contribution >= 4 is 32.6 Å². The van der Waals surface area contributed by atoms with Gasteiger partial charge in [-0.25, -0.2) is 22.2 Å². The van der Waals surface area contributed by atoms with Crippen molar-refractivity contribution in [2.24, 2.45) is 11.3 Å². The van der Waals surface area contributed by atoms with E-state index in [1.54, 1.807) is 11.3 Å². The fourth-order valence-corrected chi connectivity index (χ4v) is 8.74. The van der Waals surface area contributed by atoms with Crippen molar-refractivity contribution in [3.8, 4) is 16.5 Å². The number of thiazole rings is 1. The van der Waals surface area contributed by atoms with Crippen LogP contribution in [0.3, 0.4) is 0 Å². The summed E-state index contributed by atoms with van der Waals surface area (Å²) in [4.78, 5) is 21.5. The van der Waals surface area contributed by atoms with Crippen molar-refractivity contribution in [3.63, 3.8) is 0 Å². The Morgan fingerprint density at radius 3 is 2.38 bits per heavy atom. The topological polar surface area (TPSA) is 91.1 Å². The number of aromatic nitrogens is 1. The van der Waals surface area contributed by atoms with Crippen LogP contribution in [-0.4, -0.2) is 56.1 Å². The highest BCUT2D eigenvalue weighted by Gasteiger charge is 2.48. The molecule has 2 aromatic rings. The molecule has 0 radical (unpaired) electrons. The molecule has 0 N–H and O–H groups in total. The number of halogens is 2. The molecular formula is C29H33F2N3O3S2. The standard InChI is InChI=1S/C29H33F2N3O3S2/c30-20-3-6-23(24(15-20)25(35)16-29(17-32)7-8-29)26-27(38-28(33-26)19-13-21(31)14-19)18-1-4-22(5-2-18)34-9-11-39(36,37)12-10-34/h1-2,4-5,19-21,23-24H,3,6-16H2/t19?,20-,21?,23+,24+/m0/s1. The Balaban J connectivity index is 1.31. The molecule has 0 amide bonds. The Morgan fingerprint density at radius 1 is 1.08 bits per heavy atom. The fourth-order valence-electron chi connectivity index (χ4n) is 6.27. The van der Waals surface area contributed by atoms with Gasteiger partial charge in [0.1, 0.15) is 18.1 Å². The summed E-state index contributed by atoms with van der Waals surface area (Å²) < 4.78 is 52.0. The molecule has 0 spiro atoms. The van der Waals surface area contributed by atoms with Gasteiger partial charge in [0.05, 0.1) is 38.6 Å². The summed E-state index contributed by atoms with van der Waals surface area (Å²) in [6, 6.07) is 10.3. The van der Waals surface area contributed by atoms with Gasteiger partial charge in [-0.3, -0.25) is 4.79 Å². The molecule has 1 aromatic carbocycles. The first kappa shape index (κ1) is 26.8. The summed E-state index contributed by atoms with van der Waals surface area (Å²) in [5, 5.41) is 10.4. The van der Waals surface area contributed by atoms with Gasteiger partial charge in [0.25, 0.3) is 0 Å². The second kappa shape index (κ2) is 10.2. The van der Waals surface area contributed by atoms with Gasteiger partial charge >= 0.3 is 0 Å². The van der Waals surface area contributed by atoms with Crippen LogP contribution >= 0.6 is 11.3 Å². The lowest BCUT2D eigenvalue weighted by atomic mass is 9.72. The van der Waals surface area contributed by atoms with E-state index in [1.165, 1.54) is 0 Å². The van der Waals surface area contributed by atoms with E-state index in [2.05, 4.69) is 11.0 Å². The van der Waals surface area contributed by atoms with Crippen LogP contribution in [0.4, 0.5) is 14.5 Å². The molecule has 3 saturated carbocycles. The Morgan fingerprint density at radius 2 is 1.77 bits per heavy atom. The summed E-state index contributed by atoms with van der Waals surface area (Å²) in [5.74, 6) is -0.427. The second-order valence-corrected chi connectivity index (χ2v) is 15.2. The highest BCUT2D eigenvalue weighted by molar-refractivity contribution is 7.91. The van der Waals surface area contributed by atoms with Crippen molar-refractivity contribution in [1.29, 1.82) is 5.26 Å². The van der Waals surface area contributed by atoms with Gasteiger partial charge in [0, 0.05) is 43.0 Å². The molecule has 39 heavy (non-hydrogen) atoms. The quantitative estimate of drug-likeness (QED) is 0.419. The van der Waals surface area contributed by atoms with E-state index in [4.69, 9.17) is 4.98 Å². The molecule has 0 unspecified atom stereocenters.